The van der Waals surface area contributed by atoms with Gasteiger partial charge in [0.2, 0.25) is 5.91 Å². The molecule has 1 aliphatic carbocycles. The highest BCUT2D eigenvalue weighted by atomic mass is 19.1. The summed E-state index contributed by atoms with van der Waals surface area (Å²) in [5, 5.41) is 2.71. The maximum Gasteiger partial charge on any atom is 0.256 e. The van der Waals surface area contributed by atoms with E-state index in [0.717, 1.165) is 37.9 Å². The van der Waals surface area contributed by atoms with E-state index in [1.807, 2.05) is 9.30 Å². The van der Waals surface area contributed by atoms with Crippen molar-refractivity contribution < 1.29 is 18.7 Å². The number of nitrogens with zero attached hydrogens (tertiary/aromatic N) is 5. The summed E-state index contributed by atoms with van der Waals surface area (Å²) < 4.78 is 23.2. The number of piperidine rings is 1. The molecule has 40 heavy (non-hydrogen) atoms. The number of hydrogen-bond acceptors (Lipinski definition) is 7. The molecule has 0 bridgehead atoms. The number of nitrogens with one attached hydrogen (secondary N) is 1. The minimum absolute atomic E-state index is 0.0124. The van der Waals surface area contributed by atoms with Gasteiger partial charge in [0.25, 0.3) is 5.91 Å². The molecule has 10 nitrogen and oxygen atoms in total. The van der Waals surface area contributed by atoms with Crippen molar-refractivity contribution in [3.63, 3.8) is 0 Å². The van der Waals surface area contributed by atoms with E-state index in [4.69, 9.17) is 15.5 Å². The Hall–Kier alpha value is -4.54. The van der Waals surface area contributed by atoms with Crippen molar-refractivity contribution in [1.29, 1.82) is 0 Å². The van der Waals surface area contributed by atoms with E-state index < -0.39 is 11.7 Å². The number of aromatic nitrogens is 4. The Bertz CT molecular complexity index is 1650. The van der Waals surface area contributed by atoms with Gasteiger partial charge < -0.3 is 20.7 Å². The molecule has 2 amide bonds. The molecule has 2 unspecified atom stereocenters. The number of nitrogen functional groups attached to an aromatic ring is 1. The van der Waals surface area contributed by atoms with E-state index in [1.54, 1.807) is 36.8 Å². The molecule has 3 N–H and O–H groups in total. The van der Waals surface area contributed by atoms with Crippen LogP contribution >= 0.6 is 0 Å². The van der Waals surface area contributed by atoms with Crippen molar-refractivity contribution in [1.82, 2.24) is 24.3 Å². The van der Waals surface area contributed by atoms with Gasteiger partial charge in [0.15, 0.2) is 0 Å². The zero-order valence-electron chi connectivity index (χ0n) is 21.7. The van der Waals surface area contributed by atoms with Crippen molar-refractivity contribution in [2.24, 2.45) is 0 Å². The predicted octanol–water partition coefficient (Wildman–Crippen LogP) is 4.17. The number of pyridine rings is 1. The van der Waals surface area contributed by atoms with Gasteiger partial charge in [0, 0.05) is 60.7 Å². The van der Waals surface area contributed by atoms with Crippen LogP contribution in [0.25, 0.3) is 16.8 Å². The van der Waals surface area contributed by atoms with Crippen LogP contribution in [0.4, 0.5) is 16.0 Å². The maximum atomic E-state index is 15.6. The van der Waals surface area contributed by atoms with E-state index in [9.17, 15) is 9.59 Å². The second-order valence-corrected chi connectivity index (χ2v) is 10.7. The third-order valence-electron chi connectivity index (χ3n) is 7.98. The Labute approximate surface area is 229 Å². The van der Waals surface area contributed by atoms with Crippen LogP contribution < -0.4 is 15.8 Å². The molecule has 3 aromatic heterocycles. The SMILES string of the molecule is Nc1nccn2c(C3CCC4CCC(=O)N4C3)nc(-c3ccc(C(=O)Nc4cc(OC5CC5)ccn4)cc3F)c12. The van der Waals surface area contributed by atoms with E-state index in [0.29, 0.717) is 41.8 Å². The summed E-state index contributed by atoms with van der Waals surface area (Å²) in [5.41, 5.74) is 7.47. The van der Waals surface area contributed by atoms with Gasteiger partial charge in [-0.2, -0.15) is 0 Å². The van der Waals surface area contributed by atoms with Gasteiger partial charge in [0.1, 0.15) is 40.2 Å². The van der Waals surface area contributed by atoms with E-state index in [2.05, 4.69) is 15.3 Å². The van der Waals surface area contributed by atoms with Crippen LogP contribution in [0.2, 0.25) is 0 Å². The number of rotatable bonds is 6. The standard InChI is InChI=1S/C29H28FN7O3/c30-22-13-16(29(39)34-23-14-20(9-10-32-23)40-19-5-6-19)2-7-21(22)25-26-27(31)33-11-12-36(26)28(35-25)17-1-3-18-4-8-24(38)37(18)15-17/h2,7,9-14,17-19H,1,3-6,8,15H2,(H2,31,33)(H,32,34,39). The largest absolute Gasteiger partial charge is 0.490 e. The van der Waals surface area contributed by atoms with Gasteiger partial charge in [-0.15, -0.1) is 0 Å². The van der Waals surface area contributed by atoms with Crippen molar-refractivity contribution in [3.8, 4) is 17.0 Å². The van der Waals surface area contributed by atoms with Crippen LogP contribution in [0.3, 0.4) is 0 Å². The highest BCUT2D eigenvalue weighted by Gasteiger charge is 2.38. The normalized spacial score (nSPS) is 20.5. The molecule has 2 atom stereocenters. The molecular formula is C29H28FN7O3. The van der Waals surface area contributed by atoms with Crippen molar-refractivity contribution in [2.45, 2.75) is 56.6 Å². The van der Waals surface area contributed by atoms with Crippen LogP contribution in [-0.4, -0.2) is 54.8 Å². The summed E-state index contributed by atoms with van der Waals surface area (Å²) >= 11 is 0. The van der Waals surface area contributed by atoms with Gasteiger partial charge in [-0.1, -0.05) is 0 Å². The highest BCUT2D eigenvalue weighted by Crippen LogP contribution is 2.38. The fraction of sp³-hybridized carbons (Fsp3) is 0.345. The number of nitrogens with two attached hydrogens (primary N) is 1. The van der Waals surface area contributed by atoms with Crippen LogP contribution in [0.5, 0.6) is 5.75 Å². The number of imidazole rings is 1. The second kappa shape index (κ2) is 9.58. The molecule has 5 heterocycles. The summed E-state index contributed by atoms with van der Waals surface area (Å²) in [6.07, 6.45) is 10.4. The number of benzene rings is 1. The maximum absolute atomic E-state index is 15.6. The van der Waals surface area contributed by atoms with E-state index in [-0.39, 0.29) is 34.9 Å². The molecule has 2 saturated heterocycles. The number of carbonyl (C=O) groups excluding carboxylic acids is 2. The topological polar surface area (TPSA) is 128 Å². The van der Waals surface area contributed by atoms with Crippen LogP contribution in [0.1, 0.15) is 60.6 Å². The fourth-order valence-corrected chi connectivity index (χ4v) is 5.81. The summed E-state index contributed by atoms with van der Waals surface area (Å²) in [4.78, 5) is 40.5. The lowest BCUT2D eigenvalue weighted by Crippen LogP contribution is -2.41. The van der Waals surface area contributed by atoms with E-state index >= 15 is 4.39 Å². The first-order valence-corrected chi connectivity index (χ1v) is 13.6. The fourth-order valence-electron chi connectivity index (χ4n) is 5.81. The molecule has 204 valence electrons. The first kappa shape index (κ1) is 24.5. The Balaban J connectivity index is 1.18. The molecule has 7 rings (SSSR count). The van der Waals surface area contributed by atoms with Gasteiger partial charge >= 0.3 is 0 Å². The predicted molar refractivity (Wildman–Crippen MR) is 145 cm³/mol. The average molecular weight is 542 g/mol. The Morgan fingerprint density at radius 1 is 1.07 bits per heavy atom. The van der Waals surface area contributed by atoms with Gasteiger partial charge in [0.05, 0.1) is 6.10 Å². The molecule has 1 saturated carbocycles. The number of hydrogen-bond donors (Lipinski definition) is 2. The summed E-state index contributed by atoms with van der Waals surface area (Å²) in [5.74, 6) is 0.953. The molecule has 0 radical (unpaired) electrons. The first-order chi connectivity index (χ1) is 19.4. The van der Waals surface area contributed by atoms with Crippen LogP contribution in [-0.2, 0) is 4.79 Å². The molecule has 3 fully saturated rings. The number of amides is 2. The quantitative estimate of drug-likeness (QED) is 0.375. The lowest BCUT2D eigenvalue weighted by atomic mass is 9.92. The molecule has 1 aromatic carbocycles. The van der Waals surface area contributed by atoms with Gasteiger partial charge in [-0.05, 0) is 56.4 Å². The monoisotopic (exact) mass is 541 g/mol. The third kappa shape index (κ3) is 4.41. The minimum Gasteiger partial charge on any atom is -0.490 e. The second-order valence-electron chi connectivity index (χ2n) is 10.7. The number of ether oxygens (including phenoxy) is 1. The molecule has 0 spiro atoms. The Morgan fingerprint density at radius 2 is 1.95 bits per heavy atom. The molecule has 4 aromatic rings. The van der Waals surface area contributed by atoms with Gasteiger partial charge in [-0.25, -0.2) is 19.3 Å². The Morgan fingerprint density at radius 3 is 2.77 bits per heavy atom. The van der Waals surface area contributed by atoms with Crippen LogP contribution in [0.15, 0.2) is 48.9 Å². The smallest absolute Gasteiger partial charge is 0.256 e. The molecule has 2 aliphatic heterocycles. The number of halogens is 1. The number of anilines is 2. The van der Waals surface area contributed by atoms with Crippen molar-refractivity contribution in [3.05, 3.63) is 66.1 Å². The first-order valence-electron chi connectivity index (χ1n) is 13.6. The summed E-state index contributed by atoms with van der Waals surface area (Å²) in [6, 6.07) is 7.94. The zero-order chi connectivity index (χ0) is 27.4. The Kier molecular flexibility index (Phi) is 5.87. The lowest BCUT2D eigenvalue weighted by molar-refractivity contribution is -0.130. The molecular weight excluding hydrogens is 513 g/mol. The highest BCUT2D eigenvalue weighted by molar-refractivity contribution is 6.04. The van der Waals surface area contributed by atoms with E-state index in [1.165, 1.54) is 12.1 Å². The van der Waals surface area contributed by atoms with Crippen molar-refractivity contribution in [2.75, 3.05) is 17.6 Å². The number of carbonyl (C=O) groups is 2. The average Bonchev–Trinajstić information content (AvgIpc) is 3.56. The third-order valence-corrected chi connectivity index (χ3v) is 7.98. The van der Waals surface area contributed by atoms with Crippen molar-refractivity contribution >= 4 is 29.0 Å². The summed E-state index contributed by atoms with van der Waals surface area (Å²) in [7, 11) is 0. The van der Waals surface area contributed by atoms with Gasteiger partial charge in [-0.3, -0.25) is 14.0 Å². The lowest BCUT2D eigenvalue weighted by Gasteiger charge is -2.34. The number of fused-ring (bicyclic) bond motifs is 2. The molecule has 3 aliphatic rings. The minimum atomic E-state index is -0.611. The zero-order valence-corrected chi connectivity index (χ0v) is 21.7. The molecule has 11 heteroatoms. The summed E-state index contributed by atoms with van der Waals surface area (Å²) in [6.45, 7) is 0.576. The van der Waals surface area contributed by atoms with Crippen LogP contribution in [0, 0.1) is 5.82 Å².